The second-order valence-electron chi connectivity index (χ2n) is 9.20. The maximum atomic E-state index is 10.7. The molecular formula is C25H31ClO6. The molecule has 0 aliphatic carbocycles. The normalized spacial score (nSPS) is 29.8. The molecule has 0 radical (unpaired) electrons. The second-order valence-corrected chi connectivity index (χ2v) is 9.58. The summed E-state index contributed by atoms with van der Waals surface area (Å²) in [5.74, 6) is 0.995. The lowest BCUT2D eigenvalue weighted by molar-refractivity contribution is -0.232. The fraction of sp³-hybridized carbons (Fsp3) is 0.520. The molecule has 6 nitrogen and oxygen atoms in total. The molecule has 6 unspecified atom stereocenters. The van der Waals surface area contributed by atoms with E-state index in [4.69, 9.17) is 21.1 Å². The van der Waals surface area contributed by atoms with E-state index in [9.17, 15) is 20.4 Å². The summed E-state index contributed by atoms with van der Waals surface area (Å²) >= 11 is 6.79. The molecule has 2 aliphatic heterocycles. The van der Waals surface area contributed by atoms with Gasteiger partial charge in [-0.25, -0.2) is 0 Å². The molecule has 0 amide bonds. The van der Waals surface area contributed by atoms with E-state index < -0.39 is 37.1 Å². The molecule has 7 heteroatoms. The first-order chi connectivity index (χ1) is 15.2. The van der Waals surface area contributed by atoms with Crippen LogP contribution in [-0.4, -0.2) is 57.6 Å². The Hall–Kier alpha value is -1.67. The fourth-order valence-electron chi connectivity index (χ4n) is 4.58. The van der Waals surface area contributed by atoms with Crippen molar-refractivity contribution < 1.29 is 29.9 Å². The van der Waals surface area contributed by atoms with Crippen molar-refractivity contribution in [3.05, 3.63) is 63.2 Å². The highest BCUT2D eigenvalue weighted by molar-refractivity contribution is 6.32. The van der Waals surface area contributed by atoms with Crippen LogP contribution in [0.15, 0.2) is 30.3 Å². The van der Waals surface area contributed by atoms with Crippen molar-refractivity contribution in [2.75, 3.05) is 6.61 Å². The smallest absolute Gasteiger partial charge is 0.130 e. The highest BCUT2D eigenvalue weighted by atomic mass is 35.5. The predicted octanol–water partition coefficient (Wildman–Crippen LogP) is 2.89. The third-order valence-corrected chi connectivity index (χ3v) is 6.93. The van der Waals surface area contributed by atoms with Gasteiger partial charge in [0.05, 0.1) is 11.6 Å². The summed E-state index contributed by atoms with van der Waals surface area (Å²) in [7, 11) is 0. The number of hydrogen-bond acceptors (Lipinski definition) is 6. The monoisotopic (exact) mass is 462 g/mol. The van der Waals surface area contributed by atoms with Gasteiger partial charge in [-0.3, -0.25) is 0 Å². The first-order valence-electron chi connectivity index (χ1n) is 11.1. The Morgan fingerprint density at radius 2 is 1.75 bits per heavy atom. The van der Waals surface area contributed by atoms with Gasteiger partial charge in [0.15, 0.2) is 0 Å². The Kier molecular flexibility index (Phi) is 6.82. The van der Waals surface area contributed by atoms with Crippen LogP contribution >= 0.6 is 11.6 Å². The number of ether oxygens (including phenoxy) is 2. The maximum absolute atomic E-state index is 10.7. The molecule has 0 bridgehead atoms. The van der Waals surface area contributed by atoms with Gasteiger partial charge in [0, 0.05) is 17.5 Å². The van der Waals surface area contributed by atoms with Crippen molar-refractivity contribution in [3.8, 4) is 5.75 Å². The number of rotatable bonds is 5. The Labute approximate surface area is 193 Å². The van der Waals surface area contributed by atoms with E-state index in [1.54, 1.807) is 0 Å². The van der Waals surface area contributed by atoms with Crippen LogP contribution in [0, 0.1) is 0 Å². The van der Waals surface area contributed by atoms with Crippen LogP contribution in [0.5, 0.6) is 5.75 Å². The summed E-state index contributed by atoms with van der Waals surface area (Å²) in [6, 6.07) is 10.3. The van der Waals surface area contributed by atoms with Gasteiger partial charge in [-0.15, -0.1) is 0 Å². The lowest BCUT2D eigenvalue weighted by Crippen LogP contribution is -2.55. The molecule has 4 N–H and O–H groups in total. The molecule has 4 rings (SSSR count). The van der Waals surface area contributed by atoms with Crippen LogP contribution in [0.3, 0.4) is 0 Å². The van der Waals surface area contributed by atoms with Crippen LogP contribution in [0.2, 0.25) is 5.02 Å². The summed E-state index contributed by atoms with van der Waals surface area (Å²) in [6.07, 6.45) is -5.09. The zero-order chi connectivity index (χ0) is 23.2. The highest BCUT2D eigenvalue weighted by Gasteiger charge is 2.46. The van der Waals surface area contributed by atoms with E-state index >= 15 is 0 Å². The number of aliphatic hydroxyl groups is 4. The lowest BCUT2D eigenvalue weighted by Gasteiger charge is -2.40. The van der Waals surface area contributed by atoms with Crippen molar-refractivity contribution in [2.24, 2.45) is 0 Å². The molecule has 2 aromatic carbocycles. The Balaban J connectivity index is 1.74. The quantitative estimate of drug-likeness (QED) is 0.545. The standard InChI is InChI=1S/C25H31ClO6/c1-12(2)15-6-4-14(5-7-15)9-16-10-18(24-17(20(16)26)8-13(3)31-24)25-23(30)22(29)21(28)19(11-27)32-25/h4-7,10,12-13,19,21-23,25,27-30H,8-9,11H2,1-3H3. The topological polar surface area (TPSA) is 99.4 Å². The molecule has 1 fully saturated rings. The molecule has 0 saturated carbocycles. The van der Waals surface area contributed by atoms with Crippen LogP contribution in [0.1, 0.15) is 60.6 Å². The molecule has 2 heterocycles. The van der Waals surface area contributed by atoms with Crippen LogP contribution in [0.25, 0.3) is 0 Å². The van der Waals surface area contributed by atoms with E-state index in [2.05, 4.69) is 38.1 Å². The molecule has 32 heavy (non-hydrogen) atoms. The third kappa shape index (κ3) is 4.28. The van der Waals surface area contributed by atoms with Crippen molar-refractivity contribution in [1.82, 2.24) is 0 Å². The fourth-order valence-corrected chi connectivity index (χ4v) is 4.86. The minimum Gasteiger partial charge on any atom is -0.490 e. The minimum absolute atomic E-state index is 0.0910. The molecule has 2 aromatic rings. The maximum Gasteiger partial charge on any atom is 0.130 e. The Morgan fingerprint density at radius 1 is 1.06 bits per heavy atom. The zero-order valence-corrected chi connectivity index (χ0v) is 19.3. The second kappa shape index (κ2) is 9.29. The minimum atomic E-state index is -1.46. The molecular weight excluding hydrogens is 432 g/mol. The summed E-state index contributed by atoms with van der Waals surface area (Å²) in [6.45, 7) is 5.77. The van der Waals surface area contributed by atoms with E-state index in [1.165, 1.54) is 5.56 Å². The van der Waals surface area contributed by atoms with Crippen molar-refractivity contribution >= 4 is 11.6 Å². The van der Waals surface area contributed by atoms with Crippen molar-refractivity contribution in [2.45, 2.75) is 76.2 Å². The van der Waals surface area contributed by atoms with Gasteiger partial charge in [0.25, 0.3) is 0 Å². The number of fused-ring (bicyclic) bond motifs is 1. The number of hydrogen-bond donors (Lipinski definition) is 4. The van der Waals surface area contributed by atoms with Crippen LogP contribution in [0.4, 0.5) is 0 Å². The first-order valence-corrected chi connectivity index (χ1v) is 11.5. The molecule has 174 valence electrons. The average Bonchev–Trinajstić information content (AvgIpc) is 3.17. The Bertz CT molecular complexity index is 958. The summed E-state index contributed by atoms with van der Waals surface area (Å²) in [5.41, 5.74) is 4.65. The summed E-state index contributed by atoms with van der Waals surface area (Å²) in [5, 5.41) is 41.4. The van der Waals surface area contributed by atoms with Gasteiger partial charge in [0.2, 0.25) is 0 Å². The van der Waals surface area contributed by atoms with Crippen molar-refractivity contribution in [1.29, 1.82) is 0 Å². The van der Waals surface area contributed by atoms with Crippen LogP contribution < -0.4 is 4.74 Å². The van der Waals surface area contributed by atoms with E-state index in [-0.39, 0.29) is 6.10 Å². The number of aliphatic hydroxyl groups excluding tert-OH is 4. The van der Waals surface area contributed by atoms with Gasteiger partial charge in [-0.05, 0) is 42.0 Å². The predicted molar refractivity (Wildman–Crippen MR) is 121 cm³/mol. The first kappa shape index (κ1) is 23.5. The highest BCUT2D eigenvalue weighted by Crippen LogP contribution is 2.46. The third-order valence-electron chi connectivity index (χ3n) is 6.46. The van der Waals surface area contributed by atoms with Gasteiger partial charge in [-0.1, -0.05) is 49.7 Å². The molecule has 0 aromatic heterocycles. The molecule has 6 atom stereocenters. The van der Waals surface area contributed by atoms with Crippen molar-refractivity contribution in [3.63, 3.8) is 0 Å². The average molecular weight is 463 g/mol. The van der Waals surface area contributed by atoms with E-state index in [0.29, 0.717) is 35.1 Å². The largest absolute Gasteiger partial charge is 0.490 e. The SMILES string of the molecule is CC1Cc2c(Cl)c(Cc3ccc(C(C)C)cc3)cc(C3OC(CO)C(O)C(O)C3O)c2O1. The van der Waals surface area contributed by atoms with Crippen LogP contribution in [-0.2, 0) is 17.6 Å². The zero-order valence-electron chi connectivity index (χ0n) is 18.5. The number of benzene rings is 2. The van der Waals surface area contributed by atoms with Gasteiger partial charge in [-0.2, -0.15) is 0 Å². The summed E-state index contributed by atoms with van der Waals surface area (Å²) in [4.78, 5) is 0. The molecule has 0 spiro atoms. The Morgan fingerprint density at radius 3 is 2.38 bits per heavy atom. The van der Waals surface area contributed by atoms with E-state index in [1.807, 2.05) is 13.0 Å². The molecule has 1 saturated heterocycles. The van der Waals surface area contributed by atoms with E-state index in [0.717, 1.165) is 16.7 Å². The lowest BCUT2D eigenvalue weighted by atomic mass is 9.88. The number of halogens is 1. The van der Waals surface area contributed by atoms with Gasteiger partial charge in [0.1, 0.15) is 42.4 Å². The van der Waals surface area contributed by atoms with Gasteiger partial charge < -0.3 is 29.9 Å². The molecule has 2 aliphatic rings. The summed E-state index contributed by atoms with van der Waals surface area (Å²) < 4.78 is 11.8. The van der Waals surface area contributed by atoms with Gasteiger partial charge >= 0.3 is 0 Å².